The number of hydrogen-bond acceptors (Lipinski definition) is 0. The molecule has 0 aliphatic rings. The van der Waals surface area contributed by atoms with E-state index in [0.717, 1.165) is 6.42 Å². The van der Waals surface area contributed by atoms with Crippen molar-refractivity contribution in [3.63, 3.8) is 0 Å². The number of rotatable bonds is 0. The van der Waals surface area contributed by atoms with Crippen molar-refractivity contribution in [1.29, 1.82) is 0 Å². The Morgan fingerprint density at radius 1 is 0.292 bits per heavy atom. The summed E-state index contributed by atoms with van der Waals surface area (Å²) in [5.41, 5.74) is 0. The van der Waals surface area contributed by atoms with Crippen molar-refractivity contribution in [2.75, 3.05) is 0 Å². The molecule has 0 aliphatic carbocycles. The van der Waals surface area contributed by atoms with Crippen LogP contribution in [0.25, 0.3) is 0 Å². The maximum Gasteiger partial charge on any atom is 0 e. The van der Waals surface area contributed by atoms with E-state index in [1.165, 1.54) is 0 Å². The fourth-order valence-corrected chi connectivity index (χ4v) is 0. The minimum Gasteiger partial charge on any atom is -0.372 e. The first kappa shape index (κ1) is 184. The van der Waals surface area contributed by atoms with E-state index >= 15 is 0 Å². The van der Waals surface area contributed by atoms with Gasteiger partial charge in [0.15, 0.2) is 0 Å². The molecule has 0 heterocycles. The van der Waals surface area contributed by atoms with E-state index in [2.05, 4.69) is 13.8 Å². The minimum absolute atomic E-state index is 0. The predicted octanol–water partition coefficient (Wildman–Crippen LogP) is 2.35. The van der Waals surface area contributed by atoms with Crippen molar-refractivity contribution in [2.45, 2.75) is 6.42 Å². The summed E-state index contributed by atoms with van der Waals surface area (Å²) in [5, 5.41) is 0. The summed E-state index contributed by atoms with van der Waals surface area (Å²) in [7, 11) is 0. The van der Waals surface area contributed by atoms with Gasteiger partial charge in [0, 0.05) is 496 Å². The van der Waals surface area contributed by atoms with Crippen LogP contribution in [0.5, 0.6) is 0 Å². The van der Waals surface area contributed by atoms with Crippen LogP contribution in [0.2, 0.25) is 0 Å². The summed E-state index contributed by atoms with van der Waals surface area (Å²) in [5.74, 6) is 0. The molecule has 0 saturated heterocycles. The van der Waals surface area contributed by atoms with Gasteiger partial charge in [-0.25, -0.2) is 0 Å². The van der Waals surface area contributed by atoms with Crippen LogP contribution in [-0.2, 0) is 496 Å². The second kappa shape index (κ2) is 191. The van der Waals surface area contributed by atoms with Gasteiger partial charge in [0.25, 0.3) is 0 Å². The van der Waals surface area contributed by atoms with E-state index in [-0.39, 0.29) is 518 Å². The van der Waals surface area contributed by atoms with Gasteiger partial charge in [0.2, 0.25) is 0 Å². The van der Waals surface area contributed by atoms with Crippen LogP contribution in [-0.4, -0.2) is 0 Å². The van der Waals surface area contributed by atoms with Crippen molar-refractivity contribution in [3.8, 4) is 0 Å². The third kappa shape index (κ3) is 198. The molecule has 0 fully saturated rings. The van der Waals surface area contributed by atoms with Crippen LogP contribution in [0.1, 0.15) is 6.42 Å². The fraction of sp³-hybridized carbons (Fsp3) is 0.167. The van der Waals surface area contributed by atoms with Gasteiger partial charge in [-0.15, -0.1) is 0 Å². The van der Waals surface area contributed by atoms with Gasteiger partial charge in [0.1, 0.15) is 0 Å². The van der Waals surface area contributed by atoms with Crippen molar-refractivity contribution < 1.29 is 496 Å². The first-order valence-electron chi connectivity index (χ1n) is 1.000. The molecule has 0 aromatic heterocycles. The maximum absolute atomic E-state index is 3.38. The van der Waals surface area contributed by atoms with Crippen LogP contribution < -0.4 is 0 Å². The predicted molar refractivity (Wildman–Crippen MR) is 34.6 cm³/mol. The molecule has 0 spiro atoms. The van der Waals surface area contributed by atoms with E-state index in [4.69, 9.17) is 0 Å². The zero-order valence-electron chi connectivity index (χ0n) is 14.2. The fourth-order valence-electron chi connectivity index (χ4n) is 0. The van der Waals surface area contributed by atoms with Gasteiger partial charge in [-0.2, -0.15) is 0 Å². The normalized spacial score (nSPS) is 0.750. The molecule has 0 aromatic rings. The summed E-state index contributed by atoms with van der Waals surface area (Å²) < 4.78 is 0. The Kier molecular flexibility index (Phi) is 1470. The second-order valence-electron chi connectivity index (χ2n) is 0.354. The molecular weight excluding hydrogens is 2430 g/mol. The minimum atomic E-state index is 0. The zero-order chi connectivity index (χ0) is 2.71. The molecule has 0 rings (SSSR count). The summed E-state index contributed by atoms with van der Waals surface area (Å²) >= 11 is 0. The Morgan fingerprint density at radius 2 is 0.292 bits per heavy atom. The van der Waals surface area contributed by atoms with Gasteiger partial charge in [-0.1, -0.05) is 0 Å². The first-order valence-corrected chi connectivity index (χ1v) is 1.000. The van der Waals surface area contributed by atoms with Gasteiger partial charge < -0.3 is 42.5 Å². The zero-order valence-corrected chi connectivity index (χ0v) is 66.0. The average Bonchev–Trinajstić information content (AvgIpc) is 0.918. The molecule has 0 bridgehead atoms. The van der Waals surface area contributed by atoms with E-state index in [0.29, 0.717) is 0 Å². The summed E-state index contributed by atoms with van der Waals surface area (Å²) in [6.45, 7) is 6.75. The van der Waals surface area contributed by atoms with Crippen LogP contribution >= 0.6 is 0 Å². The topological polar surface area (TPSA) is 0 Å². The average molecular weight is 2450 g/mol. The van der Waals surface area contributed by atoms with Crippen LogP contribution in [0.15, 0.2) is 0 Å². The van der Waals surface area contributed by atoms with Crippen molar-refractivity contribution in [3.05, 3.63) is 36.1 Å². The molecule has 0 amide bonds. The second-order valence-corrected chi connectivity index (χ2v) is 0.354. The quantitative estimate of drug-likeness (QED) is 0.328. The largest absolute Gasteiger partial charge is 0.372 e. The smallest absolute Gasteiger partial charge is 0 e. The van der Waals surface area contributed by atoms with Crippen LogP contribution in [0.4, 0.5) is 0 Å². The van der Waals surface area contributed by atoms with Crippen LogP contribution in [0.3, 0.4) is 0 Å². The Morgan fingerprint density at radius 3 is 0.292 bits per heavy atom. The van der Waals surface area contributed by atoms with E-state index in [1.807, 2.05) is 0 Å². The Labute approximate surface area is 521 Å². The first-order chi connectivity index (χ1) is 1.41. The van der Waals surface area contributed by atoms with E-state index in [9.17, 15) is 0 Å². The third-order valence-corrected chi connectivity index (χ3v) is 0. The van der Waals surface area contributed by atoms with E-state index < -0.39 is 0 Å². The van der Waals surface area contributed by atoms with Crippen molar-refractivity contribution in [1.82, 2.24) is 0 Å². The maximum atomic E-state index is 3.38. The standard InChI is InChI=1S/C3H6.3CH3.8W.10Y/c1-3-2;;;;;;;;;;;;;;;;;;;;;/h1-3H2;3*1H3;;;;;;;;;;;;;;;;;;/q-2;3*-1;;;;;;;;;;;;;;;;;;. The van der Waals surface area contributed by atoms with Gasteiger partial charge >= 0.3 is 0 Å². The summed E-state index contributed by atoms with van der Waals surface area (Å²) in [4.78, 5) is 0. The summed E-state index contributed by atoms with van der Waals surface area (Å²) in [6, 6.07) is 0. The molecule has 0 saturated carbocycles. The molecule has 24 heavy (non-hydrogen) atoms. The Bertz CT molecular complexity index is 37.3. The monoisotopic (exact) mass is 2450 g/mol. The van der Waals surface area contributed by atoms with Gasteiger partial charge in [0.05, 0.1) is 0 Å². The Hall–Kier alpha value is 16.5. The number of hydrogen-bond donors (Lipinski definition) is 0. The molecule has 0 atom stereocenters. The molecule has 0 aliphatic heterocycles. The molecule has 0 nitrogen and oxygen atoms in total. The Balaban J connectivity index is -0.0000000000952. The van der Waals surface area contributed by atoms with E-state index in [1.54, 1.807) is 0 Å². The van der Waals surface area contributed by atoms with Gasteiger partial charge in [-0.3, -0.25) is 0 Å². The summed E-state index contributed by atoms with van der Waals surface area (Å²) in [6.07, 6.45) is 0.750. The molecule has 0 aromatic carbocycles. The van der Waals surface area contributed by atoms with Gasteiger partial charge in [-0.05, 0) is 0 Å². The van der Waals surface area contributed by atoms with Crippen LogP contribution in [0, 0.1) is 36.1 Å². The molecule has 0 unspecified atom stereocenters. The SMILES string of the molecule is [CH2-]C[CH2-].[CH3-].[CH3-].[CH3-].[W].[W].[W].[W].[W].[W].[W].[W].[Y].[Y].[Y].[Y].[Y].[Y].[Y].[Y].[Y].[Y]. The molecule has 122 valence electrons. The molecular formula is C6H15W8Y10-5. The van der Waals surface area contributed by atoms with Crippen molar-refractivity contribution >= 4 is 0 Å². The third-order valence-electron chi connectivity index (χ3n) is 0. The molecule has 10 radical (unpaired) electrons. The molecule has 18 heteroatoms. The van der Waals surface area contributed by atoms with Crippen molar-refractivity contribution in [2.24, 2.45) is 0 Å². The molecule has 0 N–H and O–H groups in total.